The molecule has 1 aromatic heterocycles. The van der Waals surface area contributed by atoms with Crippen molar-refractivity contribution in [2.24, 2.45) is 0 Å². The molecule has 5 nitrogen and oxygen atoms in total. The molecule has 1 N–H and O–H groups in total. The molecule has 0 aromatic carbocycles. The normalized spacial score (nSPS) is 10.6. The molecule has 0 aliphatic heterocycles. The van der Waals surface area contributed by atoms with E-state index in [0.717, 1.165) is 0 Å². The standard InChI is InChI=1S/C7H10Br2N4O/c1-4(2)10-5(14)3-13-7(9)11-6(8)12-13/h4H,3H2,1-2H3,(H,10,14). The number of carbonyl (C=O) groups is 1. The van der Waals surface area contributed by atoms with Gasteiger partial charge in [-0.3, -0.25) is 4.79 Å². The first kappa shape index (κ1) is 11.6. The number of hydrogen-bond acceptors (Lipinski definition) is 3. The van der Waals surface area contributed by atoms with Crippen molar-refractivity contribution in [1.29, 1.82) is 0 Å². The second-order valence-electron chi connectivity index (χ2n) is 3.03. The summed E-state index contributed by atoms with van der Waals surface area (Å²) >= 11 is 6.31. The zero-order valence-corrected chi connectivity index (χ0v) is 11.0. The highest BCUT2D eigenvalue weighted by molar-refractivity contribution is 9.11. The zero-order chi connectivity index (χ0) is 10.7. The van der Waals surface area contributed by atoms with Crippen LogP contribution in [-0.4, -0.2) is 26.7 Å². The Morgan fingerprint density at radius 3 is 2.64 bits per heavy atom. The molecule has 1 aromatic rings. The fourth-order valence-corrected chi connectivity index (χ4v) is 1.87. The number of nitrogens with one attached hydrogen (secondary N) is 1. The summed E-state index contributed by atoms with van der Waals surface area (Å²) in [4.78, 5) is 15.3. The van der Waals surface area contributed by atoms with Gasteiger partial charge in [-0.05, 0) is 45.7 Å². The largest absolute Gasteiger partial charge is 0.352 e. The first-order valence-corrected chi connectivity index (χ1v) is 5.63. The average Bonchev–Trinajstić information content (AvgIpc) is 2.28. The van der Waals surface area contributed by atoms with E-state index < -0.39 is 0 Å². The SMILES string of the molecule is CC(C)NC(=O)Cn1nc(Br)nc1Br. The van der Waals surface area contributed by atoms with Gasteiger partial charge in [0.25, 0.3) is 0 Å². The summed E-state index contributed by atoms with van der Waals surface area (Å²) in [5.74, 6) is -0.0851. The summed E-state index contributed by atoms with van der Waals surface area (Å²) in [6, 6.07) is 0.133. The van der Waals surface area contributed by atoms with Gasteiger partial charge in [-0.2, -0.15) is 4.98 Å². The summed E-state index contributed by atoms with van der Waals surface area (Å²) in [6.07, 6.45) is 0. The van der Waals surface area contributed by atoms with Gasteiger partial charge in [0.05, 0.1) is 0 Å². The van der Waals surface area contributed by atoms with Crippen molar-refractivity contribution in [3.8, 4) is 0 Å². The lowest BCUT2D eigenvalue weighted by Crippen LogP contribution is -2.33. The van der Waals surface area contributed by atoms with Crippen LogP contribution < -0.4 is 5.32 Å². The summed E-state index contributed by atoms with van der Waals surface area (Å²) in [5.41, 5.74) is 0. The number of carbonyl (C=O) groups excluding carboxylic acids is 1. The van der Waals surface area contributed by atoms with Gasteiger partial charge in [-0.15, -0.1) is 5.10 Å². The van der Waals surface area contributed by atoms with Crippen LogP contribution in [0.3, 0.4) is 0 Å². The number of rotatable bonds is 3. The third-order valence-electron chi connectivity index (χ3n) is 1.34. The fraction of sp³-hybridized carbons (Fsp3) is 0.571. The van der Waals surface area contributed by atoms with Gasteiger partial charge in [-0.25, -0.2) is 4.68 Å². The molecule has 1 heterocycles. The molecule has 0 aliphatic carbocycles. The maximum absolute atomic E-state index is 11.3. The molecule has 0 unspecified atom stereocenters. The molecule has 0 aliphatic rings. The Morgan fingerprint density at radius 1 is 1.57 bits per heavy atom. The molecule has 1 amide bonds. The summed E-state index contributed by atoms with van der Waals surface area (Å²) < 4.78 is 2.46. The van der Waals surface area contributed by atoms with E-state index in [1.807, 2.05) is 13.8 Å². The molecule has 0 radical (unpaired) electrons. The molecule has 0 bridgehead atoms. The molecule has 7 heteroatoms. The van der Waals surface area contributed by atoms with Crippen LogP contribution in [0, 0.1) is 0 Å². The van der Waals surface area contributed by atoms with E-state index in [2.05, 4.69) is 47.3 Å². The number of amides is 1. The lowest BCUT2D eigenvalue weighted by Gasteiger charge is -2.07. The van der Waals surface area contributed by atoms with Crippen LogP contribution in [0.2, 0.25) is 0 Å². The predicted octanol–water partition coefficient (Wildman–Crippen LogP) is 1.33. The molecule has 1 rings (SSSR count). The van der Waals surface area contributed by atoms with Crippen molar-refractivity contribution in [3.05, 3.63) is 9.47 Å². The van der Waals surface area contributed by atoms with Crippen LogP contribution in [0.4, 0.5) is 0 Å². The Kier molecular flexibility index (Phi) is 4.06. The van der Waals surface area contributed by atoms with Gasteiger partial charge in [0.1, 0.15) is 6.54 Å². The van der Waals surface area contributed by atoms with Crippen molar-refractivity contribution in [3.63, 3.8) is 0 Å². The summed E-state index contributed by atoms with van der Waals surface area (Å²) in [7, 11) is 0. The van der Waals surface area contributed by atoms with E-state index in [1.165, 1.54) is 4.68 Å². The molecular formula is C7H10Br2N4O. The van der Waals surface area contributed by atoms with Gasteiger partial charge in [0.15, 0.2) is 4.73 Å². The topological polar surface area (TPSA) is 59.8 Å². The van der Waals surface area contributed by atoms with Crippen molar-refractivity contribution >= 4 is 37.8 Å². The molecule has 0 spiro atoms. The molecule has 14 heavy (non-hydrogen) atoms. The zero-order valence-electron chi connectivity index (χ0n) is 7.79. The van der Waals surface area contributed by atoms with E-state index in [-0.39, 0.29) is 18.5 Å². The van der Waals surface area contributed by atoms with Gasteiger partial charge in [-0.1, -0.05) is 0 Å². The third kappa shape index (κ3) is 3.38. The minimum atomic E-state index is -0.0851. The average molecular weight is 326 g/mol. The number of nitrogens with zero attached hydrogens (tertiary/aromatic N) is 3. The van der Waals surface area contributed by atoms with Gasteiger partial charge >= 0.3 is 0 Å². The van der Waals surface area contributed by atoms with Gasteiger partial charge in [0.2, 0.25) is 10.6 Å². The second-order valence-corrected chi connectivity index (χ2v) is 4.45. The molecular weight excluding hydrogens is 316 g/mol. The Labute approximate surface area is 98.5 Å². The van der Waals surface area contributed by atoms with Gasteiger partial charge in [0, 0.05) is 6.04 Å². The minimum Gasteiger partial charge on any atom is -0.352 e. The molecule has 0 saturated heterocycles. The van der Waals surface area contributed by atoms with E-state index in [4.69, 9.17) is 0 Å². The van der Waals surface area contributed by atoms with Gasteiger partial charge < -0.3 is 5.32 Å². The van der Waals surface area contributed by atoms with E-state index in [9.17, 15) is 4.79 Å². The molecule has 78 valence electrons. The molecule has 0 atom stereocenters. The van der Waals surface area contributed by atoms with Crippen molar-refractivity contribution in [2.45, 2.75) is 26.4 Å². The summed E-state index contributed by atoms with van der Waals surface area (Å²) in [6.45, 7) is 3.98. The Hall–Kier alpha value is -0.430. The van der Waals surface area contributed by atoms with Crippen LogP contribution >= 0.6 is 31.9 Å². The lowest BCUT2D eigenvalue weighted by molar-refractivity contribution is -0.122. The number of hydrogen-bond donors (Lipinski definition) is 1. The monoisotopic (exact) mass is 324 g/mol. The van der Waals surface area contributed by atoms with Crippen molar-refractivity contribution < 1.29 is 4.79 Å². The fourth-order valence-electron chi connectivity index (χ4n) is 0.901. The first-order chi connectivity index (χ1) is 6.49. The molecule has 0 saturated carbocycles. The highest BCUT2D eigenvalue weighted by atomic mass is 79.9. The quantitative estimate of drug-likeness (QED) is 0.912. The van der Waals surface area contributed by atoms with Crippen LogP contribution in [0.1, 0.15) is 13.8 Å². The van der Waals surface area contributed by atoms with Crippen LogP contribution in [0.5, 0.6) is 0 Å². The van der Waals surface area contributed by atoms with E-state index >= 15 is 0 Å². The summed E-state index contributed by atoms with van der Waals surface area (Å²) in [5, 5.41) is 6.74. The smallest absolute Gasteiger partial charge is 0.242 e. The first-order valence-electron chi connectivity index (χ1n) is 4.04. The highest BCUT2D eigenvalue weighted by Crippen LogP contribution is 2.10. The van der Waals surface area contributed by atoms with E-state index in [0.29, 0.717) is 9.47 Å². The maximum Gasteiger partial charge on any atom is 0.242 e. The third-order valence-corrected chi connectivity index (χ3v) is 2.27. The predicted molar refractivity (Wildman–Crippen MR) is 58.7 cm³/mol. The maximum atomic E-state index is 11.3. The van der Waals surface area contributed by atoms with E-state index in [1.54, 1.807) is 0 Å². The van der Waals surface area contributed by atoms with Crippen molar-refractivity contribution in [1.82, 2.24) is 20.1 Å². The van der Waals surface area contributed by atoms with Crippen LogP contribution in [-0.2, 0) is 11.3 Å². The Bertz CT molecular complexity index is 336. The molecule has 0 fully saturated rings. The number of aromatic nitrogens is 3. The van der Waals surface area contributed by atoms with Crippen molar-refractivity contribution in [2.75, 3.05) is 0 Å². The van der Waals surface area contributed by atoms with Crippen LogP contribution in [0.25, 0.3) is 0 Å². The second kappa shape index (κ2) is 4.88. The Balaban J connectivity index is 2.60. The van der Waals surface area contributed by atoms with Crippen LogP contribution in [0.15, 0.2) is 9.47 Å². The Morgan fingerprint density at radius 2 is 2.21 bits per heavy atom. The lowest BCUT2D eigenvalue weighted by atomic mass is 10.4. The highest BCUT2D eigenvalue weighted by Gasteiger charge is 2.09. The number of halogens is 2. The minimum absolute atomic E-state index is 0.0851.